The Balaban J connectivity index is 1.09. The SMILES string of the molecule is c1ccc2c(c1)c1cccc3c4ccc(-c5ccc6sc7ccc(-n8c9ccccc9c9ccccc98)cc7c6c5)cc4c4cccc2c4c13. The number of rotatable bonds is 2. The van der Waals surface area contributed by atoms with Crippen molar-refractivity contribution in [2.24, 2.45) is 0 Å². The average Bonchev–Trinajstić information content (AvgIpc) is 3.72. The first-order valence-electron chi connectivity index (χ1n) is 17.3. The molecular weight excluding hydrogens is 623 g/mol. The van der Waals surface area contributed by atoms with Crippen LogP contribution in [-0.2, 0) is 0 Å². The standard InChI is InChI=1S/C48H27NS/c1-2-10-32-31(9-1)36-13-7-15-38-33-22-19-28(25-40(33)39-16-8-14-37(32)48(39)47(36)38)29-20-23-45-41(26-29)42-27-30(21-24-46(42)50-45)49-43-17-5-3-11-34(43)35-12-4-6-18-44(35)49/h1-27H. The van der Waals surface area contributed by atoms with Gasteiger partial charge in [-0.2, -0.15) is 0 Å². The Bertz CT molecular complexity index is 3320. The van der Waals surface area contributed by atoms with Gasteiger partial charge in [-0.05, 0) is 114 Å². The monoisotopic (exact) mass is 649 g/mol. The van der Waals surface area contributed by atoms with Crippen molar-refractivity contribution < 1.29 is 0 Å². The summed E-state index contributed by atoms with van der Waals surface area (Å²) in [6, 6.07) is 61.2. The molecule has 0 saturated carbocycles. The molecule has 12 rings (SSSR count). The molecule has 0 aliphatic carbocycles. The fraction of sp³-hybridized carbons (Fsp3) is 0. The van der Waals surface area contributed by atoms with Crippen LogP contribution in [0.3, 0.4) is 0 Å². The molecule has 230 valence electrons. The van der Waals surface area contributed by atoms with Crippen LogP contribution in [0.25, 0.3) is 113 Å². The van der Waals surface area contributed by atoms with E-state index in [9.17, 15) is 0 Å². The van der Waals surface area contributed by atoms with Crippen LogP contribution in [0.4, 0.5) is 0 Å². The molecule has 50 heavy (non-hydrogen) atoms. The van der Waals surface area contributed by atoms with Crippen LogP contribution in [0, 0.1) is 0 Å². The van der Waals surface area contributed by atoms with Crippen LogP contribution < -0.4 is 0 Å². The Morgan fingerprint density at radius 3 is 1.36 bits per heavy atom. The second kappa shape index (κ2) is 9.69. The highest BCUT2D eigenvalue weighted by Crippen LogP contribution is 2.46. The molecule has 0 spiro atoms. The number of nitrogens with zero attached hydrogens (tertiary/aromatic N) is 1. The summed E-state index contributed by atoms with van der Waals surface area (Å²) in [5, 5.41) is 18.5. The molecule has 2 heterocycles. The van der Waals surface area contributed by atoms with Gasteiger partial charge in [0.2, 0.25) is 0 Å². The molecule has 0 N–H and O–H groups in total. The smallest absolute Gasteiger partial charge is 0.0541 e. The summed E-state index contributed by atoms with van der Waals surface area (Å²) in [6.45, 7) is 0. The van der Waals surface area contributed by atoms with Gasteiger partial charge in [0.15, 0.2) is 0 Å². The summed E-state index contributed by atoms with van der Waals surface area (Å²) in [6.07, 6.45) is 0. The lowest BCUT2D eigenvalue weighted by Gasteiger charge is -2.18. The lowest BCUT2D eigenvalue weighted by Crippen LogP contribution is -1.93. The van der Waals surface area contributed by atoms with Crippen LogP contribution in [-0.4, -0.2) is 4.57 Å². The van der Waals surface area contributed by atoms with Crippen LogP contribution in [0.1, 0.15) is 0 Å². The van der Waals surface area contributed by atoms with Gasteiger partial charge in [0.1, 0.15) is 0 Å². The maximum atomic E-state index is 2.43. The van der Waals surface area contributed by atoms with Crippen LogP contribution >= 0.6 is 11.3 Å². The second-order valence-electron chi connectivity index (χ2n) is 13.6. The minimum atomic E-state index is 1.20. The maximum absolute atomic E-state index is 2.43. The van der Waals surface area contributed by atoms with Gasteiger partial charge in [0.05, 0.1) is 11.0 Å². The number of para-hydroxylation sites is 2. The predicted molar refractivity (Wildman–Crippen MR) is 218 cm³/mol. The largest absolute Gasteiger partial charge is 0.309 e. The Morgan fingerprint density at radius 2 is 0.740 bits per heavy atom. The second-order valence-corrected chi connectivity index (χ2v) is 14.7. The van der Waals surface area contributed by atoms with E-state index in [0.717, 1.165) is 0 Å². The number of hydrogen-bond acceptors (Lipinski definition) is 1. The molecule has 0 saturated heterocycles. The molecular formula is C48H27NS. The number of aromatic nitrogens is 1. The third-order valence-corrected chi connectivity index (χ3v) is 12.3. The van der Waals surface area contributed by atoms with Crippen molar-refractivity contribution in [1.82, 2.24) is 4.57 Å². The molecule has 0 atom stereocenters. The molecule has 2 aromatic heterocycles. The summed E-state index contributed by atoms with van der Waals surface area (Å²) in [7, 11) is 0. The lowest BCUT2D eigenvalue weighted by atomic mass is 9.85. The summed E-state index contributed by atoms with van der Waals surface area (Å²) >= 11 is 1.88. The number of benzene rings is 10. The van der Waals surface area contributed by atoms with Crippen molar-refractivity contribution in [3.05, 3.63) is 164 Å². The first-order valence-corrected chi connectivity index (χ1v) is 18.1. The highest BCUT2D eigenvalue weighted by Gasteiger charge is 2.18. The van der Waals surface area contributed by atoms with Crippen molar-refractivity contribution in [3.63, 3.8) is 0 Å². The first-order chi connectivity index (χ1) is 24.8. The third kappa shape index (κ3) is 3.46. The number of hydrogen-bond donors (Lipinski definition) is 0. The zero-order chi connectivity index (χ0) is 32.5. The highest BCUT2D eigenvalue weighted by molar-refractivity contribution is 7.25. The molecule has 0 aliphatic heterocycles. The molecule has 2 heteroatoms. The zero-order valence-corrected chi connectivity index (χ0v) is 27.8. The molecule has 10 aromatic carbocycles. The zero-order valence-electron chi connectivity index (χ0n) is 26.9. The molecule has 0 radical (unpaired) electrons. The van der Waals surface area contributed by atoms with Crippen molar-refractivity contribution in [3.8, 4) is 16.8 Å². The van der Waals surface area contributed by atoms with E-state index in [1.165, 1.54) is 113 Å². The molecule has 0 unspecified atom stereocenters. The van der Waals surface area contributed by atoms with Gasteiger partial charge in [-0.3, -0.25) is 0 Å². The van der Waals surface area contributed by atoms with Crippen molar-refractivity contribution >= 4 is 107 Å². The number of fused-ring (bicyclic) bond motifs is 12. The summed E-state index contributed by atoms with van der Waals surface area (Å²) in [4.78, 5) is 0. The van der Waals surface area contributed by atoms with Crippen molar-refractivity contribution in [2.45, 2.75) is 0 Å². The number of thiophene rings is 1. The van der Waals surface area contributed by atoms with Crippen molar-refractivity contribution in [2.75, 3.05) is 0 Å². The average molecular weight is 650 g/mol. The van der Waals surface area contributed by atoms with Crippen LogP contribution in [0.15, 0.2) is 164 Å². The quantitative estimate of drug-likeness (QED) is 0.130. The van der Waals surface area contributed by atoms with E-state index in [2.05, 4.69) is 168 Å². The summed E-state index contributed by atoms with van der Waals surface area (Å²) < 4.78 is 5.05. The first kappa shape index (κ1) is 26.7. The molecule has 0 bridgehead atoms. The van der Waals surface area contributed by atoms with E-state index in [0.29, 0.717) is 0 Å². The van der Waals surface area contributed by atoms with E-state index in [-0.39, 0.29) is 0 Å². The van der Waals surface area contributed by atoms with Crippen LogP contribution in [0.5, 0.6) is 0 Å². The van der Waals surface area contributed by atoms with Gasteiger partial charge in [-0.25, -0.2) is 0 Å². The van der Waals surface area contributed by atoms with E-state index >= 15 is 0 Å². The summed E-state index contributed by atoms with van der Waals surface area (Å²) in [5.41, 5.74) is 6.17. The normalized spacial score (nSPS) is 12.4. The Morgan fingerprint density at radius 1 is 0.300 bits per heavy atom. The molecule has 0 aliphatic rings. The minimum Gasteiger partial charge on any atom is -0.309 e. The maximum Gasteiger partial charge on any atom is 0.0541 e. The van der Waals surface area contributed by atoms with E-state index in [1.54, 1.807) is 0 Å². The highest BCUT2D eigenvalue weighted by atomic mass is 32.1. The van der Waals surface area contributed by atoms with E-state index in [4.69, 9.17) is 0 Å². The topological polar surface area (TPSA) is 4.93 Å². The van der Waals surface area contributed by atoms with Gasteiger partial charge in [-0.15, -0.1) is 11.3 Å². The van der Waals surface area contributed by atoms with Gasteiger partial charge in [0.25, 0.3) is 0 Å². The van der Waals surface area contributed by atoms with Gasteiger partial charge < -0.3 is 4.57 Å². The van der Waals surface area contributed by atoms with Crippen molar-refractivity contribution in [1.29, 1.82) is 0 Å². The minimum absolute atomic E-state index is 1.20. The fourth-order valence-electron chi connectivity index (χ4n) is 8.96. The van der Waals surface area contributed by atoms with Crippen LogP contribution in [0.2, 0.25) is 0 Å². The summed E-state index contributed by atoms with van der Waals surface area (Å²) in [5.74, 6) is 0. The Kier molecular flexibility index (Phi) is 5.18. The van der Waals surface area contributed by atoms with Gasteiger partial charge in [0, 0.05) is 36.6 Å². The Hall–Kier alpha value is -6.22. The third-order valence-electron chi connectivity index (χ3n) is 11.1. The molecule has 0 amide bonds. The Labute approximate surface area is 291 Å². The van der Waals surface area contributed by atoms with Gasteiger partial charge in [-0.1, -0.05) is 115 Å². The van der Waals surface area contributed by atoms with E-state index in [1.807, 2.05) is 11.3 Å². The predicted octanol–water partition coefficient (Wildman–Crippen LogP) is 14.0. The fourth-order valence-corrected chi connectivity index (χ4v) is 10.0. The van der Waals surface area contributed by atoms with E-state index < -0.39 is 0 Å². The molecule has 0 fully saturated rings. The van der Waals surface area contributed by atoms with Gasteiger partial charge >= 0.3 is 0 Å². The molecule has 1 nitrogen and oxygen atoms in total. The lowest BCUT2D eigenvalue weighted by molar-refractivity contribution is 1.19. The molecule has 12 aromatic rings.